The Morgan fingerprint density at radius 3 is 2.75 bits per heavy atom. The van der Waals surface area contributed by atoms with Gasteiger partial charge in [-0.25, -0.2) is 0 Å². The van der Waals surface area contributed by atoms with Crippen molar-refractivity contribution in [2.45, 2.75) is 45.3 Å². The van der Waals surface area contributed by atoms with Crippen molar-refractivity contribution in [2.75, 3.05) is 20.2 Å². The van der Waals surface area contributed by atoms with E-state index in [0.717, 1.165) is 13.2 Å². The summed E-state index contributed by atoms with van der Waals surface area (Å²) in [4.78, 5) is 2.31. The largest absolute Gasteiger partial charge is 0.362 e. The smallest absolute Gasteiger partial charge is 0.110 e. The molecule has 2 nitrogen and oxygen atoms in total. The van der Waals surface area contributed by atoms with Crippen LogP contribution in [0, 0.1) is 0 Å². The van der Waals surface area contributed by atoms with Gasteiger partial charge < -0.3 is 4.74 Å². The molecule has 0 saturated carbocycles. The van der Waals surface area contributed by atoms with Crippen LogP contribution in [0.25, 0.3) is 0 Å². The van der Waals surface area contributed by atoms with Gasteiger partial charge in [0.1, 0.15) is 6.23 Å². The van der Waals surface area contributed by atoms with E-state index in [-0.39, 0.29) is 0 Å². The molecule has 0 aliphatic carbocycles. The molecule has 1 unspecified atom stereocenters. The van der Waals surface area contributed by atoms with Gasteiger partial charge in [0.05, 0.1) is 6.61 Å². The second-order valence-electron chi connectivity index (χ2n) is 3.66. The normalized spacial score (nSPS) is 25.0. The molecule has 0 spiro atoms. The van der Waals surface area contributed by atoms with Gasteiger partial charge in [-0.2, -0.15) is 0 Å². The highest BCUT2D eigenvalue weighted by molar-refractivity contribution is 4.65. The zero-order valence-electron chi connectivity index (χ0n) is 8.38. The molecule has 1 saturated heterocycles. The third kappa shape index (κ3) is 3.11. The third-order valence-electron chi connectivity index (χ3n) is 2.55. The fourth-order valence-corrected chi connectivity index (χ4v) is 1.65. The maximum Gasteiger partial charge on any atom is 0.110 e. The molecule has 0 aromatic heterocycles. The predicted octanol–water partition coefficient (Wildman–Crippen LogP) is 2.24. The fraction of sp³-hybridized carbons (Fsp3) is 1.00. The molecule has 2 heteroatoms. The minimum absolute atomic E-state index is 0.418. The summed E-state index contributed by atoms with van der Waals surface area (Å²) in [5, 5.41) is 0. The van der Waals surface area contributed by atoms with Crippen LogP contribution in [0.15, 0.2) is 0 Å². The van der Waals surface area contributed by atoms with Crippen molar-refractivity contribution in [1.29, 1.82) is 0 Å². The first-order valence-electron chi connectivity index (χ1n) is 5.16. The summed E-state index contributed by atoms with van der Waals surface area (Å²) in [5.41, 5.74) is 0. The Kier molecular flexibility index (Phi) is 4.62. The SMILES string of the molecule is CCCCCCC1OCCN1C. The Hall–Kier alpha value is -0.0800. The van der Waals surface area contributed by atoms with Crippen LogP contribution in [-0.4, -0.2) is 31.3 Å². The molecule has 0 bridgehead atoms. The molecule has 0 N–H and O–H groups in total. The Morgan fingerprint density at radius 1 is 1.33 bits per heavy atom. The highest BCUT2D eigenvalue weighted by atomic mass is 16.5. The van der Waals surface area contributed by atoms with Gasteiger partial charge >= 0.3 is 0 Å². The number of unbranched alkanes of at least 4 members (excludes halogenated alkanes) is 3. The monoisotopic (exact) mass is 171 g/mol. The van der Waals surface area contributed by atoms with E-state index >= 15 is 0 Å². The third-order valence-corrected chi connectivity index (χ3v) is 2.55. The van der Waals surface area contributed by atoms with Crippen molar-refractivity contribution >= 4 is 0 Å². The van der Waals surface area contributed by atoms with Crippen LogP contribution in [0.4, 0.5) is 0 Å². The summed E-state index contributed by atoms with van der Waals surface area (Å²) in [5.74, 6) is 0. The van der Waals surface area contributed by atoms with Gasteiger partial charge in [-0.05, 0) is 19.9 Å². The molecular weight excluding hydrogens is 150 g/mol. The number of hydrogen-bond acceptors (Lipinski definition) is 2. The summed E-state index contributed by atoms with van der Waals surface area (Å²) in [6.07, 6.45) is 7.02. The lowest BCUT2D eigenvalue weighted by Gasteiger charge is -2.17. The highest BCUT2D eigenvalue weighted by Crippen LogP contribution is 2.14. The van der Waals surface area contributed by atoms with E-state index in [1.165, 1.54) is 32.1 Å². The lowest BCUT2D eigenvalue weighted by atomic mass is 10.1. The quantitative estimate of drug-likeness (QED) is 0.588. The van der Waals surface area contributed by atoms with Crippen molar-refractivity contribution in [3.05, 3.63) is 0 Å². The van der Waals surface area contributed by atoms with Gasteiger partial charge in [-0.1, -0.05) is 26.2 Å². The van der Waals surface area contributed by atoms with Gasteiger partial charge in [-0.3, -0.25) is 4.90 Å². The molecule has 0 radical (unpaired) electrons. The second kappa shape index (κ2) is 5.55. The predicted molar refractivity (Wildman–Crippen MR) is 51.1 cm³/mol. The van der Waals surface area contributed by atoms with E-state index in [9.17, 15) is 0 Å². The van der Waals surface area contributed by atoms with E-state index in [1.54, 1.807) is 0 Å². The summed E-state index contributed by atoms with van der Waals surface area (Å²) in [6, 6.07) is 0. The highest BCUT2D eigenvalue weighted by Gasteiger charge is 2.20. The first kappa shape index (κ1) is 10.0. The molecule has 0 aromatic rings. The summed E-state index contributed by atoms with van der Waals surface area (Å²) in [7, 11) is 2.15. The Morgan fingerprint density at radius 2 is 2.17 bits per heavy atom. The molecule has 1 rings (SSSR count). The van der Waals surface area contributed by atoms with Crippen LogP contribution in [0.5, 0.6) is 0 Å². The maximum absolute atomic E-state index is 5.57. The lowest BCUT2D eigenvalue weighted by Crippen LogP contribution is -2.25. The van der Waals surface area contributed by atoms with Crippen molar-refractivity contribution in [3.8, 4) is 0 Å². The number of ether oxygens (including phenoxy) is 1. The second-order valence-corrected chi connectivity index (χ2v) is 3.66. The summed E-state index contributed by atoms with van der Waals surface area (Å²) in [6.45, 7) is 4.28. The molecule has 1 fully saturated rings. The van der Waals surface area contributed by atoms with Crippen LogP contribution in [0.2, 0.25) is 0 Å². The summed E-state index contributed by atoms with van der Waals surface area (Å²) >= 11 is 0. The topological polar surface area (TPSA) is 12.5 Å². The Labute approximate surface area is 75.9 Å². The van der Waals surface area contributed by atoms with Crippen LogP contribution in [-0.2, 0) is 4.74 Å². The Balaban J connectivity index is 1.98. The standard InChI is InChI=1S/C10H21NO/c1-3-4-5-6-7-10-11(2)8-9-12-10/h10H,3-9H2,1-2H3. The molecule has 12 heavy (non-hydrogen) atoms. The zero-order chi connectivity index (χ0) is 8.81. The maximum atomic E-state index is 5.57. The molecule has 1 atom stereocenters. The minimum Gasteiger partial charge on any atom is -0.362 e. The van der Waals surface area contributed by atoms with Crippen LogP contribution < -0.4 is 0 Å². The van der Waals surface area contributed by atoms with Crippen LogP contribution in [0.3, 0.4) is 0 Å². The number of likely N-dealkylation sites (N-methyl/N-ethyl adjacent to an activating group) is 1. The van der Waals surface area contributed by atoms with Crippen LogP contribution in [0.1, 0.15) is 39.0 Å². The molecular formula is C10H21NO. The van der Waals surface area contributed by atoms with Crippen molar-refractivity contribution in [2.24, 2.45) is 0 Å². The van der Waals surface area contributed by atoms with Crippen molar-refractivity contribution < 1.29 is 4.74 Å². The van der Waals surface area contributed by atoms with E-state index in [2.05, 4.69) is 18.9 Å². The van der Waals surface area contributed by atoms with E-state index in [1.807, 2.05) is 0 Å². The van der Waals surface area contributed by atoms with Gasteiger partial charge in [0.15, 0.2) is 0 Å². The first-order valence-corrected chi connectivity index (χ1v) is 5.16. The first-order chi connectivity index (χ1) is 5.84. The fourth-order valence-electron chi connectivity index (χ4n) is 1.65. The zero-order valence-corrected chi connectivity index (χ0v) is 8.38. The molecule has 1 aliphatic rings. The molecule has 72 valence electrons. The summed E-state index contributed by atoms with van der Waals surface area (Å²) < 4.78 is 5.57. The van der Waals surface area contributed by atoms with Gasteiger partial charge in [0, 0.05) is 6.54 Å². The van der Waals surface area contributed by atoms with Gasteiger partial charge in [0.2, 0.25) is 0 Å². The molecule has 1 heterocycles. The average molecular weight is 171 g/mol. The molecule has 0 aromatic carbocycles. The number of nitrogens with zero attached hydrogens (tertiary/aromatic N) is 1. The minimum atomic E-state index is 0.418. The average Bonchev–Trinajstić information content (AvgIpc) is 2.46. The lowest BCUT2D eigenvalue weighted by molar-refractivity contribution is 0.0372. The van der Waals surface area contributed by atoms with Crippen LogP contribution >= 0.6 is 0 Å². The molecule has 0 amide bonds. The van der Waals surface area contributed by atoms with Gasteiger partial charge in [-0.15, -0.1) is 0 Å². The van der Waals surface area contributed by atoms with Crippen molar-refractivity contribution in [3.63, 3.8) is 0 Å². The van der Waals surface area contributed by atoms with E-state index < -0.39 is 0 Å². The molecule has 1 aliphatic heterocycles. The van der Waals surface area contributed by atoms with Gasteiger partial charge in [0.25, 0.3) is 0 Å². The Bertz CT molecular complexity index is 116. The van der Waals surface area contributed by atoms with E-state index in [4.69, 9.17) is 4.74 Å². The number of hydrogen-bond donors (Lipinski definition) is 0. The van der Waals surface area contributed by atoms with E-state index in [0.29, 0.717) is 6.23 Å². The number of rotatable bonds is 5. The van der Waals surface area contributed by atoms with Crippen molar-refractivity contribution in [1.82, 2.24) is 4.90 Å².